The van der Waals surface area contributed by atoms with E-state index in [1.54, 1.807) is 0 Å². The summed E-state index contributed by atoms with van der Waals surface area (Å²) in [6, 6.07) is 1.34. The highest BCUT2D eigenvalue weighted by Crippen LogP contribution is 2.20. The van der Waals surface area contributed by atoms with Crippen LogP contribution in [0.5, 0.6) is 0 Å². The fourth-order valence-electron chi connectivity index (χ4n) is 2.33. The Morgan fingerprint density at radius 3 is 2.08 bits per heavy atom. The molecule has 2 amide bonds. The Labute approximate surface area is 147 Å². The lowest BCUT2D eigenvalue weighted by atomic mass is 9.86. The van der Waals surface area contributed by atoms with E-state index in [1.807, 2.05) is 0 Å². The molecule has 3 N–H and O–H groups in total. The highest BCUT2D eigenvalue weighted by Gasteiger charge is 2.41. The predicted molar refractivity (Wildman–Crippen MR) is 83.5 cm³/mol. The van der Waals surface area contributed by atoms with E-state index in [4.69, 9.17) is 5.73 Å². The lowest BCUT2D eigenvalue weighted by Gasteiger charge is -2.26. The number of benzene rings is 1. The molecule has 0 unspecified atom stereocenters. The van der Waals surface area contributed by atoms with Gasteiger partial charge in [-0.25, -0.2) is 8.78 Å². The molecule has 0 aliphatic rings. The van der Waals surface area contributed by atoms with Crippen LogP contribution in [-0.4, -0.2) is 44.0 Å². The molecular weight excluding hydrogens is 354 g/mol. The van der Waals surface area contributed by atoms with Gasteiger partial charge in [0.05, 0.1) is 19.8 Å². The maximum absolute atomic E-state index is 13.7. The maximum Gasteiger partial charge on any atom is 0.320 e. The smallest absolute Gasteiger partial charge is 0.320 e. The van der Waals surface area contributed by atoms with E-state index in [9.17, 15) is 28.0 Å². The number of nitrogens with two attached hydrogens (primary N) is 1. The number of hydrogen-bond acceptors (Lipinski definition) is 6. The number of primary amides is 1. The number of methoxy groups -OCH3 is 2. The van der Waals surface area contributed by atoms with Crippen LogP contribution < -0.4 is 11.1 Å². The molecule has 0 radical (unpaired) electrons. The van der Waals surface area contributed by atoms with Gasteiger partial charge in [0.1, 0.15) is 6.04 Å². The quantitative estimate of drug-likeness (QED) is 0.518. The Morgan fingerprint density at radius 2 is 1.62 bits per heavy atom. The first-order valence-corrected chi connectivity index (χ1v) is 7.35. The highest BCUT2D eigenvalue weighted by atomic mass is 19.2. The summed E-state index contributed by atoms with van der Waals surface area (Å²) in [5, 5.41) is 2.10. The monoisotopic (exact) mass is 372 g/mol. The Hall–Kier alpha value is -3.04. The fourth-order valence-corrected chi connectivity index (χ4v) is 2.33. The number of carbonyl (C=O) groups excluding carboxylic acids is 4. The Balaban J connectivity index is 3.16. The molecular formula is C16H18F2N2O6. The van der Waals surface area contributed by atoms with Gasteiger partial charge in [-0.05, 0) is 12.1 Å². The van der Waals surface area contributed by atoms with Gasteiger partial charge >= 0.3 is 11.9 Å². The number of esters is 2. The van der Waals surface area contributed by atoms with Crippen molar-refractivity contribution in [2.24, 2.45) is 17.6 Å². The second-order valence-corrected chi connectivity index (χ2v) is 5.34. The highest BCUT2D eigenvalue weighted by molar-refractivity contribution is 5.99. The molecule has 1 aromatic carbocycles. The van der Waals surface area contributed by atoms with Crippen LogP contribution >= 0.6 is 0 Å². The van der Waals surface area contributed by atoms with Gasteiger partial charge in [-0.3, -0.25) is 19.2 Å². The fraction of sp³-hybridized carbons (Fsp3) is 0.375. The molecule has 0 bridgehead atoms. The van der Waals surface area contributed by atoms with Crippen molar-refractivity contribution in [3.63, 3.8) is 0 Å². The summed E-state index contributed by atoms with van der Waals surface area (Å²) in [6.07, 6.45) is 0. The first kappa shape index (κ1) is 21.0. The summed E-state index contributed by atoms with van der Waals surface area (Å²) >= 11 is 0. The topological polar surface area (TPSA) is 125 Å². The average molecular weight is 372 g/mol. The third-order valence-electron chi connectivity index (χ3n) is 3.75. The lowest BCUT2D eigenvalue weighted by molar-refractivity contribution is -0.161. The molecule has 10 heteroatoms. The minimum atomic E-state index is -1.57. The minimum Gasteiger partial charge on any atom is -0.468 e. The van der Waals surface area contributed by atoms with Gasteiger partial charge in [-0.2, -0.15) is 0 Å². The first-order chi connectivity index (χ1) is 12.1. The van der Waals surface area contributed by atoms with Crippen molar-refractivity contribution in [1.82, 2.24) is 5.32 Å². The zero-order valence-corrected chi connectivity index (χ0v) is 14.2. The summed E-state index contributed by atoms with van der Waals surface area (Å²) < 4.78 is 36.0. The third kappa shape index (κ3) is 4.52. The molecule has 0 aliphatic carbocycles. The molecule has 0 fully saturated rings. The summed E-state index contributed by atoms with van der Waals surface area (Å²) in [5.41, 5.74) is 4.56. The molecule has 2 atom stereocenters. The van der Waals surface area contributed by atoms with Crippen molar-refractivity contribution in [3.8, 4) is 0 Å². The van der Waals surface area contributed by atoms with E-state index in [2.05, 4.69) is 14.8 Å². The number of ether oxygens (including phenoxy) is 2. The zero-order chi connectivity index (χ0) is 20.0. The standard InChI is InChI=1S/C16H18F2N2O6/c1-7(10(15(23)25-2)16(24)26-3)12(13(19)21)20-14(22)8-5-4-6-9(17)11(8)18/h4-7,10,12H,1-3H3,(H2,19,21)(H,20,22)/t7-,12+/m1/s1. The van der Waals surface area contributed by atoms with Crippen molar-refractivity contribution in [3.05, 3.63) is 35.4 Å². The van der Waals surface area contributed by atoms with E-state index >= 15 is 0 Å². The van der Waals surface area contributed by atoms with E-state index in [0.717, 1.165) is 32.4 Å². The molecule has 1 aromatic rings. The van der Waals surface area contributed by atoms with Crippen molar-refractivity contribution < 1.29 is 37.4 Å². The van der Waals surface area contributed by atoms with E-state index < -0.39 is 58.8 Å². The summed E-state index contributed by atoms with van der Waals surface area (Å²) in [7, 11) is 2.04. The zero-order valence-electron chi connectivity index (χ0n) is 14.2. The molecule has 0 aliphatic heterocycles. The number of hydrogen-bond donors (Lipinski definition) is 2. The second kappa shape index (κ2) is 8.88. The number of carbonyl (C=O) groups is 4. The van der Waals surface area contributed by atoms with Crippen LogP contribution in [-0.2, 0) is 23.9 Å². The Kier molecular flexibility index (Phi) is 7.17. The predicted octanol–water partition coefficient (Wildman–Crippen LogP) is 0.147. The number of halogens is 2. The van der Waals surface area contributed by atoms with Crippen LogP contribution in [0.25, 0.3) is 0 Å². The van der Waals surface area contributed by atoms with Crippen molar-refractivity contribution >= 4 is 23.8 Å². The van der Waals surface area contributed by atoms with Crippen LogP contribution in [0.2, 0.25) is 0 Å². The van der Waals surface area contributed by atoms with Gasteiger partial charge in [0, 0.05) is 5.92 Å². The molecule has 0 heterocycles. The normalized spacial score (nSPS) is 12.8. The summed E-state index contributed by atoms with van der Waals surface area (Å²) in [4.78, 5) is 47.6. The van der Waals surface area contributed by atoms with E-state index in [-0.39, 0.29) is 0 Å². The molecule has 0 spiro atoms. The van der Waals surface area contributed by atoms with Crippen molar-refractivity contribution in [2.75, 3.05) is 14.2 Å². The largest absolute Gasteiger partial charge is 0.468 e. The third-order valence-corrected chi connectivity index (χ3v) is 3.75. The lowest BCUT2D eigenvalue weighted by Crippen LogP contribution is -2.53. The van der Waals surface area contributed by atoms with Gasteiger partial charge in [-0.15, -0.1) is 0 Å². The van der Waals surface area contributed by atoms with Crippen LogP contribution in [0.4, 0.5) is 8.78 Å². The number of nitrogens with one attached hydrogen (secondary N) is 1. The van der Waals surface area contributed by atoms with Crippen LogP contribution in [0.15, 0.2) is 18.2 Å². The molecule has 142 valence electrons. The van der Waals surface area contributed by atoms with Crippen LogP contribution in [0.3, 0.4) is 0 Å². The summed E-state index contributed by atoms with van der Waals surface area (Å²) in [6.45, 7) is 1.27. The first-order valence-electron chi connectivity index (χ1n) is 7.35. The molecule has 26 heavy (non-hydrogen) atoms. The molecule has 8 nitrogen and oxygen atoms in total. The minimum absolute atomic E-state index is 0.670. The SMILES string of the molecule is COC(=O)C(C(=O)OC)[C@@H](C)[C@H](NC(=O)c1cccc(F)c1F)C(N)=O. The molecule has 0 saturated carbocycles. The Morgan fingerprint density at radius 1 is 1.08 bits per heavy atom. The summed E-state index contributed by atoms with van der Waals surface area (Å²) in [5.74, 6) is -9.70. The van der Waals surface area contributed by atoms with Crippen LogP contribution in [0.1, 0.15) is 17.3 Å². The van der Waals surface area contributed by atoms with Crippen LogP contribution in [0, 0.1) is 23.5 Å². The van der Waals surface area contributed by atoms with Gasteiger partial charge in [0.2, 0.25) is 5.91 Å². The number of rotatable bonds is 7. The van der Waals surface area contributed by atoms with Gasteiger partial charge in [0.15, 0.2) is 17.6 Å². The average Bonchev–Trinajstić information content (AvgIpc) is 2.60. The van der Waals surface area contributed by atoms with Crippen molar-refractivity contribution in [1.29, 1.82) is 0 Å². The molecule has 0 aromatic heterocycles. The van der Waals surface area contributed by atoms with E-state index in [1.165, 1.54) is 6.92 Å². The van der Waals surface area contributed by atoms with E-state index in [0.29, 0.717) is 0 Å². The molecule has 1 rings (SSSR count). The molecule has 0 saturated heterocycles. The maximum atomic E-state index is 13.7. The second-order valence-electron chi connectivity index (χ2n) is 5.34. The number of amides is 2. The van der Waals surface area contributed by atoms with Gasteiger partial charge in [-0.1, -0.05) is 13.0 Å². The van der Waals surface area contributed by atoms with Gasteiger partial charge in [0.25, 0.3) is 5.91 Å². The Bertz CT molecular complexity index is 709. The van der Waals surface area contributed by atoms with Crippen molar-refractivity contribution in [2.45, 2.75) is 13.0 Å². The van der Waals surface area contributed by atoms with Gasteiger partial charge < -0.3 is 20.5 Å².